The Kier molecular flexibility index (Phi) is 5.28. The fourth-order valence-corrected chi connectivity index (χ4v) is 5.64. The van der Waals surface area contributed by atoms with Crippen molar-refractivity contribution in [3.8, 4) is 17.8 Å². The Hall–Kier alpha value is -3.93. The van der Waals surface area contributed by atoms with Crippen LogP contribution in [0.15, 0.2) is 66.7 Å². The average Bonchev–Trinajstić information content (AvgIpc) is 3.26. The van der Waals surface area contributed by atoms with Gasteiger partial charge in [0.1, 0.15) is 6.10 Å². The number of nitriles is 1. The van der Waals surface area contributed by atoms with Gasteiger partial charge in [0, 0.05) is 26.1 Å². The third-order valence-electron chi connectivity index (χ3n) is 7.17. The van der Waals surface area contributed by atoms with Gasteiger partial charge < -0.3 is 24.6 Å². The molecule has 1 aliphatic heterocycles. The van der Waals surface area contributed by atoms with E-state index in [1.807, 2.05) is 30.3 Å². The van der Waals surface area contributed by atoms with E-state index in [1.165, 1.54) is 12.0 Å². The summed E-state index contributed by atoms with van der Waals surface area (Å²) in [5, 5.41) is 33.6. The summed E-state index contributed by atoms with van der Waals surface area (Å²) in [6.45, 7) is 0. The molecule has 1 aliphatic carbocycles. The molecule has 5 atom stereocenters. The molecule has 2 aliphatic rings. The number of methoxy groups -OCH3 is 1. The lowest BCUT2D eigenvalue weighted by molar-refractivity contribution is -0.156. The number of aliphatic hydroxyl groups excluding tert-OH is 1. The van der Waals surface area contributed by atoms with Crippen LogP contribution < -0.4 is 9.47 Å². The third-order valence-corrected chi connectivity index (χ3v) is 7.17. The second kappa shape index (κ2) is 8.08. The quantitative estimate of drug-likeness (QED) is 0.600. The minimum absolute atomic E-state index is 0.118. The Labute approximate surface area is 203 Å². The molecule has 2 aromatic carbocycles. The second-order valence-electron chi connectivity index (χ2n) is 9.09. The molecule has 2 heterocycles. The molecule has 2 N–H and O–H groups in total. The van der Waals surface area contributed by atoms with E-state index in [2.05, 4.69) is 11.1 Å². The van der Waals surface area contributed by atoms with Crippen LogP contribution in [0.5, 0.6) is 11.8 Å². The van der Waals surface area contributed by atoms with Crippen molar-refractivity contribution in [1.82, 2.24) is 9.88 Å². The van der Waals surface area contributed by atoms with Crippen LogP contribution in [0.3, 0.4) is 0 Å². The molecule has 1 fully saturated rings. The molecule has 1 saturated carbocycles. The van der Waals surface area contributed by atoms with Crippen LogP contribution in [0.25, 0.3) is 0 Å². The summed E-state index contributed by atoms with van der Waals surface area (Å²) in [4.78, 5) is 19.3. The van der Waals surface area contributed by atoms with Gasteiger partial charge in [0.05, 0.1) is 30.2 Å². The molecule has 0 radical (unpaired) electrons. The van der Waals surface area contributed by atoms with Gasteiger partial charge in [-0.1, -0.05) is 42.5 Å². The molecule has 8 nitrogen and oxygen atoms in total. The van der Waals surface area contributed by atoms with Crippen LogP contribution in [0, 0.1) is 17.2 Å². The number of hydrogen-bond donors (Lipinski definition) is 2. The van der Waals surface area contributed by atoms with Crippen molar-refractivity contribution in [2.24, 2.45) is 5.92 Å². The first-order valence-corrected chi connectivity index (χ1v) is 11.2. The van der Waals surface area contributed by atoms with E-state index in [4.69, 9.17) is 9.47 Å². The summed E-state index contributed by atoms with van der Waals surface area (Å²) in [6.07, 6.45) is -1.52. The summed E-state index contributed by atoms with van der Waals surface area (Å²) in [6, 6.07) is 21.2. The predicted molar refractivity (Wildman–Crippen MR) is 126 cm³/mol. The first-order chi connectivity index (χ1) is 16.8. The third kappa shape index (κ3) is 2.99. The highest BCUT2D eigenvalue weighted by Crippen LogP contribution is 2.68. The van der Waals surface area contributed by atoms with E-state index in [0.717, 1.165) is 0 Å². The van der Waals surface area contributed by atoms with Gasteiger partial charge in [-0.2, -0.15) is 10.2 Å². The van der Waals surface area contributed by atoms with Crippen molar-refractivity contribution in [3.63, 3.8) is 0 Å². The Morgan fingerprint density at radius 3 is 2.40 bits per heavy atom. The number of carbonyl (C=O) groups excluding carboxylic acids is 1. The number of benzene rings is 2. The SMILES string of the molecule is COc1ccc2c(n1)O[C@@]1(c3ccc(C#N)cc3)[C@H](c3ccccc3)[C@@H](C(=O)N(C)C)[C@@H](O)[C@@]21O. The topological polar surface area (TPSA) is 116 Å². The standard InChI is InChI=1S/C27H25N3O5/c1-30(2)25(32)21-22(17-7-5-4-6-8-17)27(18-11-9-16(15-28)10-12-18)26(33,23(21)31)19-13-14-20(34-3)29-24(19)35-27/h4-14,21-23,31,33H,1-3H3/t21-,22-,23-,26+,27+/m1/s1. The second-order valence-corrected chi connectivity index (χ2v) is 9.09. The van der Waals surface area contributed by atoms with Crippen LogP contribution in [-0.4, -0.2) is 53.3 Å². The van der Waals surface area contributed by atoms with Crippen molar-refractivity contribution in [2.75, 3.05) is 21.2 Å². The smallest absolute Gasteiger partial charge is 0.228 e. The number of aliphatic hydroxyl groups is 2. The molecule has 1 aromatic heterocycles. The van der Waals surface area contributed by atoms with Crippen LogP contribution in [0.2, 0.25) is 0 Å². The lowest BCUT2D eigenvalue weighted by Gasteiger charge is -2.40. The minimum atomic E-state index is -2.02. The summed E-state index contributed by atoms with van der Waals surface area (Å²) < 4.78 is 11.8. The molecule has 3 aromatic rings. The van der Waals surface area contributed by atoms with E-state index in [1.54, 1.807) is 50.5 Å². The zero-order valence-electron chi connectivity index (χ0n) is 19.5. The van der Waals surface area contributed by atoms with Crippen molar-refractivity contribution in [2.45, 2.75) is 23.2 Å². The van der Waals surface area contributed by atoms with E-state index in [0.29, 0.717) is 16.7 Å². The normalized spacial score (nSPS) is 28.4. The number of aromatic nitrogens is 1. The zero-order chi connectivity index (χ0) is 25.0. The summed E-state index contributed by atoms with van der Waals surface area (Å²) in [5.74, 6) is -1.75. The van der Waals surface area contributed by atoms with Gasteiger partial charge in [-0.3, -0.25) is 4.79 Å². The number of hydrogen-bond acceptors (Lipinski definition) is 7. The van der Waals surface area contributed by atoms with Crippen LogP contribution >= 0.6 is 0 Å². The molecule has 178 valence electrons. The highest BCUT2D eigenvalue weighted by molar-refractivity contribution is 5.82. The van der Waals surface area contributed by atoms with E-state index < -0.39 is 29.1 Å². The Balaban J connectivity index is 1.85. The van der Waals surface area contributed by atoms with Gasteiger partial charge in [0.25, 0.3) is 0 Å². The van der Waals surface area contributed by atoms with E-state index in [-0.39, 0.29) is 23.2 Å². The highest BCUT2D eigenvalue weighted by atomic mass is 16.5. The lowest BCUT2D eigenvalue weighted by atomic mass is 9.70. The maximum absolute atomic E-state index is 13.5. The first kappa shape index (κ1) is 22.8. The summed E-state index contributed by atoms with van der Waals surface area (Å²) >= 11 is 0. The molecule has 0 spiro atoms. The number of fused-ring (bicyclic) bond motifs is 3. The lowest BCUT2D eigenvalue weighted by Crippen LogP contribution is -2.52. The molecular weight excluding hydrogens is 446 g/mol. The van der Waals surface area contributed by atoms with Crippen LogP contribution in [0.4, 0.5) is 0 Å². The van der Waals surface area contributed by atoms with Gasteiger partial charge >= 0.3 is 0 Å². The largest absolute Gasteiger partial charge is 0.481 e. The first-order valence-electron chi connectivity index (χ1n) is 11.2. The highest BCUT2D eigenvalue weighted by Gasteiger charge is 2.77. The van der Waals surface area contributed by atoms with Crippen molar-refractivity contribution >= 4 is 5.91 Å². The maximum Gasteiger partial charge on any atom is 0.228 e. The number of nitrogens with zero attached hydrogens (tertiary/aromatic N) is 3. The molecular formula is C27H25N3O5. The molecule has 0 unspecified atom stereocenters. The van der Waals surface area contributed by atoms with Crippen molar-refractivity contribution in [1.29, 1.82) is 5.26 Å². The van der Waals surface area contributed by atoms with E-state index >= 15 is 0 Å². The van der Waals surface area contributed by atoms with Gasteiger partial charge in [-0.15, -0.1) is 0 Å². The van der Waals surface area contributed by atoms with Crippen LogP contribution in [-0.2, 0) is 16.0 Å². The molecule has 5 rings (SSSR count). The van der Waals surface area contributed by atoms with Crippen molar-refractivity contribution in [3.05, 3.63) is 89.0 Å². The Bertz CT molecular complexity index is 1320. The molecule has 0 saturated heterocycles. The van der Waals surface area contributed by atoms with E-state index in [9.17, 15) is 20.3 Å². The fraction of sp³-hybridized carbons (Fsp3) is 0.296. The number of amides is 1. The maximum atomic E-state index is 13.5. The molecule has 8 heteroatoms. The fourth-order valence-electron chi connectivity index (χ4n) is 5.64. The zero-order valence-corrected chi connectivity index (χ0v) is 19.5. The number of rotatable bonds is 4. The molecule has 35 heavy (non-hydrogen) atoms. The van der Waals surface area contributed by atoms with Gasteiger partial charge in [0.2, 0.25) is 17.7 Å². The van der Waals surface area contributed by atoms with Crippen molar-refractivity contribution < 1.29 is 24.5 Å². The Morgan fingerprint density at radius 2 is 1.80 bits per heavy atom. The van der Waals surface area contributed by atoms with Crippen LogP contribution in [0.1, 0.15) is 28.2 Å². The average molecular weight is 472 g/mol. The predicted octanol–water partition coefficient (Wildman–Crippen LogP) is 2.30. The summed E-state index contributed by atoms with van der Waals surface area (Å²) in [7, 11) is 4.71. The number of pyridine rings is 1. The van der Waals surface area contributed by atoms with Gasteiger partial charge in [-0.25, -0.2) is 0 Å². The van der Waals surface area contributed by atoms with Gasteiger partial charge in [0.15, 0.2) is 11.2 Å². The summed E-state index contributed by atoms with van der Waals surface area (Å²) in [5.41, 5.74) is -1.71. The minimum Gasteiger partial charge on any atom is -0.481 e. The molecule has 1 amide bonds. The Morgan fingerprint density at radius 1 is 1.11 bits per heavy atom. The molecule has 0 bridgehead atoms. The monoisotopic (exact) mass is 471 g/mol. The number of ether oxygens (including phenoxy) is 2. The number of carbonyl (C=O) groups is 1. The van der Waals surface area contributed by atoms with Gasteiger partial charge in [-0.05, 0) is 29.3 Å².